The van der Waals surface area contributed by atoms with Gasteiger partial charge in [-0.2, -0.15) is 0 Å². The Kier molecular flexibility index (Phi) is 4.24. The molecule has 3 aromatic rings. The van der Waals surface area contributed by atoms with Crippen molar-refractivity contribution in [1.82, 2.24) is 9.38 Å². The van der Waals surface area contributed by atoms with Crippen LogP contribution in [0.2, 0.25) is 0 Å². The second-order valence-electron chi connectivity index (χ2n) is 8.25. The van der Waals surface area contributed by atoms with Crippen LogP contribution in [0.3, 0.4) is 0 Å². The first-order chi connectivity index (χ1) is 13.2. The van der Waals surface area contributed by atoms with Gasteiger partial charge < -0.3 is 9.51 Å². The second-order valence-corrected chi connectivity index (χ2v) is 8.25. The number of aromatic nitrogens is 2. The first-order valence-corrected chi connectivity index (χ1v) is 10.1. The highest BCUT2D eigenvalue weighted by molar-refractivity contribution is 5.59. The topological polar surface area (TPSA) is 37.5 Å². The first kappa shape index (κ1) is 16.9. The Labute approximate surface area is 158 Å². The van der Waals surface area contributed by atoms with Crippen LogP contribution in [-0.4, -0.2) is 14.5 Å². The van der Waals surface area contributed by atoms with E-state index in [4.69, 9.17) is 0 Å². The van der Waals surface area contributed by atoms with Crippen LogP contribution in [0.5, 0.6) is 0 Å². The molecule has 0 saturated heterocycles. The number of pyridine rings is 1. The Morgan fingerprint density at radius 1 is 0.963 bits per heavy atom. The fourth-order valence-corrected chi connectivity index (χ4v) is 4.84. The van der Waals surface area contributed by atoms with Crippen molar-refractivity contribution in [2.24, 2.45) is 5.92 Å². The normalized spacial score (nSPS) is 24.2. The van der Waals surface area contributed by atoms with Gasteiger partial charge in [-0.3, -0.25) is 0 Å². The lowest BCUT2D eigenvalue weighted by Crippen LogP contribution is -2.21. The van der Waals surface area contributed by atoms with E-state index in [2.05, 4.69) is 17.2 Å². The summed E-state index contributed by atoms with van der Waals surface area (Å²) in [5, 5.41) is 11.3. The third kappa shape index (κ3) is 3.16. The zero-order valence-corrected chi connectivity index (χ0v) is 15.4. The van der Waals surface area contributed by atoms with Crippen molar-refractivity contribution in [3.8, 4) is 0 Å². The zero-order valence-electron chi connectivity index (χ0n) is 15.4. The molecule has 0 bridgehead atoms. The number of rotatable bonds is 4. The molecule has 140 valence electrons. The number of aliphatic hydroxyl groups is 1. The van der Waals surface area contributed by atoms with Crippen LogP contribution in [0.1, 0.15) is 73.2 Å². The van der Waals surface area contributed by atoms with Gasteiger partial charge in [0.15, 0.2) is 0 Å². The summed E-state index contributed by atoms with van der Waals surface area (Å²) < 4.78 is 15.2. The summed E-state index contributed by atoms with van der Waals surface area (Å²) >= 11 is 0. The van der Waals surface area contributed by atoms with E-state index < -0.39 is 6.10 Å². The number of imidazole rings is 1. The Morgan fingerprint density at radius 2 is 1.67 bits per heavy atom. The molecule has 2 aliphatic rings. The maximum Gasteiger partial charge on any atom is 0.123 e. The Bertz CT molecular complexity index is 937. The van der Waals surface area contributed by atoms with E-state index in [0.717, 1.165) is 36.8 Å². The quantitative estimate of drug-likeness (QED) is 0.677. The maximum atomic E-state index is 13.2. The molecule has 2 aliphatic carbocycles. The van der Waals surface area contributed by atoms with Crippen LogP contribution in [-0.2, 0) is 0 Å². The molecule has 4 heteroatoms. The molecule has 0 unspecified atom stereocenters. The molecule has 1 atom stereocenters. The molecule has 1 aromatic carbocycles. The van der Waals surface area contributed by atoms with Crippen molar-refractivity contribution in [1.29, 1.82) is 0 Å². The van der Waals surface area contributed by atoms with Gasteiger partial charge >= 0.3 is 0 Å². The summed E-state index contributed by atoms with van der Waals surface area (Å²) in [5.74, 6) is 1.18. The number of aliphatic hydroxyl groups excluding tert-OH is 1. The van der Waals surface area contributed by atoms with Crippen molar-refractivity contribution in [2.45, 2.75) is 56.5 Å². The van der Waals surface area contributed by atoms with E-state index >= 15 is 0 Å². The largest absolute Gasteiger partial charge is 0.388 e. The van der Waals surface area contributed by atoms with E-state index in [-0.39, 0.29) is 11.7 Å². The molecule has 2 saturated carbocycles. The van der Waals surface area contributed by atoms with Crippen LogP contribution in [0, 0.1) is 11.7 Å². The second kappa shape index (κ2) is 6.75. The predicted octanol–water partition coefficient (Wildman–Crippen LogP) is 5.36. The summed E-state index contributed by atoms with van der Waals surface area (Å²) in [6.07, 6.45) is 11.9. The molecule has 5 rings (SSSR count). The Balaban J connectivity index is 1.37. The van der Waals surface area contributed by atoms with Gasteiger partial charge in [0.05, 0.1) is 24.1 Å². The third-order valence-corrected chi connectivity index (χ3v) is 6.54. The molecule has 3 nitrogen and oxygen atoms in total. The summed E-state index contributed by atoms with van der Waals surface area (Å²) in [6, 6.07) is 9.11. The SMILES string of the molecule is O[C@H](c1c(C2CC2)ccn2cncc12)C1CCC(c2ccc(F)cc2)CC1. The van der Waals surface area contributed by atoms with Crippen molar-refractivity contribution < 1.29 is 9.50 Å². The lowest BCUT2D eigenvalue weighted by molar-refractivity contribution is 0.0810. The molecule has 0 radical (unpaired) electrons. The molecule has 2 heterocycles. The fraction of sp³-hybridized carbons (Fsp3) is 0.435. The Morgan fingerprint density at radius 3 is 2.37 bits per heavy atom. The minimum atomic E-state index is -0.435. The standard InChI is InChI=1S/C23H25FN2O/c24-19-9-7-16(8-10-19)15-1-5-18(6-2-15)23(27)22-20(17-3-4-17)11-12-26-14-25-13-21(22)26/h7-15,17-18,23,27H,1-6H2/t15?,18?,23-/m0/s1. The number of halogens is 1. The number of fused-ring (bicyclic) bond motifs is 1. The lowest BCUT2D eigenvalue weighted by Gasteiger charge is -2.33. The van der Waals surface area contributed by atoms with E-state index in [0.29, 0.717) is 11.8 Å². The molecule has 0 spiro atoms. The predicted molar refractivity (Wildman–Crippen MR) is 103 cm³/mol. The van der Waals surface area contributed by atoms with Crippen molar-refractivity contribution in [3.05, 3.63) is 71.6 Å². The average Bonchev–Trinajstić information content (AvgIpc) is 3.44. The molecule has 1 N–H and O–H groups in total. The van der Waals surface area contributed by atoms with Gasteiger partial charge in [0.1, 0.15) is 5.82 Å². The highest BCUT2D eigenvalue weighted by atomic mass is 19.1. The van der Waals surface area contributed by atoms with Crippen LogP contribution < -0.4 is 0 Å². The molecule has 27 heavy (non-hydrogen) atoms. The molecule has 0 amide bonds. The highest BCUT2D eigenvalue weighted by Gasteiger charge is 2.34. The van der Waals surface area contributed by atoms with E-state index in [1.54, 1.807) is 12.1 Å². The van der Waals surface area contributed by atoms with E-state index in [1.165, 1.54) is 24.0 Å². The summed E-state index contributed by atoms with van der Waals surface area (Å²) in [7, 11) is 0. The lowest BCUT2D eigenvalue weighted by atomic mass is 9.75. The summed E-state index contributed by atoms with van der Waals surface area (Å²) in [5.41, 5.74) is 4.69. The van der Waals surface area contributed by atoms with Crippen LogP contribution in [0.25, 0.3) is 5.52 Å². The molecule has 0 aliphatic heterocycles. The monoisotopic (exact) mass is 364 g/mol. The van der Waals surface area contributed by atoms with Gasteiger partial charge in [0.25, 0.3) is 0 Å². The van der Waals surface area contributed by atoms with Crippen molar-refractivity contribution >= 4 is 5.52 Å². The zero-order chi connectivity index (χ0) is 18.4. The van der Waals surface area contributed by atoms with Crippen LogP contribution >= 0.6 is 0 Å². The van der Waals surface area contributed by atoms with Crippen molar-refractivity contribution in [3.63, 3.8) is 0 Å². The van der Waals surface area contributed by atoms with Crippen LogP contribution in [0.4, 0.5) is 4.39 Å². The summed E-state index contributed by atoms with van der Waals surface area (Å²) in [6.45, 7) is 0. The molecular weight excluding hydrogens is 339 g/mol. The van der Waals surface area contributed by atoms with Gasteiger partial charge in [-0.25, -0.2) is 9.37 Å². The van der Waals surface area contributed by atoms with Gasteiger partial charge in [0, 0.05) is 11.8 Å². The first-order valence-electron chi connectivity index (χ1n) is 10.1. The van der Waals surface area contributed by atoms with Crippen LogP contribution in [0.15, 0.2) is 49.1 Å². The van der Waals surface area contributed by atoms with Gasteiger partial charge in [0.2, 0.25) is 0 Å². The number of nitrogens with zero attached hydrogens (tertiary/aromatic N) is 2. The van der Waals surface area contributed by atoms with Gasteiger partial charge in [-0.15, -0.1) is 0 Å². The molecule has 2 aromatic heterocycles. The number of benzene rings is 1. The minimum absolute atomic E-state index is 0.177. The third-order valence-electron chi connectivity index (χ3n) is 6.54. The van der Waals surface area contributed by atoms with E-state index in [1.807, 2.05) is 29.1 Å². The maximum absolute atomic E-state index is 13.2. The average molecular weight is 364 g/mol. The molecule has 2 fully saturated rings. The minimum Gasteiger partial charge on any atom is -0.388 e. The molecular formula is C23H25FN2O. The fourth-order valence-electron chi connectivity index (χ4n) is 4.84. The smallest absolute Gasteiger partial charge is 0.123 e. The Hall–Kier alpha value is -2.20. The number of hydrogen-bond acceptors (Lipinski definition) is 2. The highest BCUT2D eigenvalue weighted by Crippen LogP contribution is 2.47. The van der Waals surface area contributed by atoms with E-state index in [9.17, 15) is 9.50 Å². The summed E-state index contributed by atoms with van der Waals surface area (Å²) in [4.78, 5) is 4.29. The van der Waals surface area contributed by atoms with Crippen molar-refractivity contribution in [2.75, 3.05) is 0 Å². The van der Waals surface area contributed by atoms with Gasteiger partial charge in [-0.1, -0.05) is 12.1 Å². The van der Waals surface area contributed by atoms with Gasteiger partial charge in [-0.05, 0) is 85.6 Å². The number of hydrogen-bond donors (Lipinski definition) is 1.